The molecule has 9 heteroatoms. The highest BCUT2D eigenvalue weighted by atomic mass is 32.2. The van der Waals surface area contributed by atoms with Gasteiger partial charge in [0.05, 0.1) is 4.90 Å². The van der Waals surface area contributed by atoms with Gasteiger partial charge in [-0.2, -0.15) is 0 Å². The number of hydrogen-bond acceptors (Lipinski definition) is 7. The third-order valence-electron chi connectivity index (χ3n) is 6.34. The Kier molecular flexibility index (Phi) is 14.2. The molecule has 0 aliphatic heterocycles. The van der Waals surface area contributed by atoms with Crippen LogP contribution in [0.25, 0.3) is 0 Å². The number of nitrogen functional groups attached to an aromatic ring is 1. The first kappa shape index (κ1) is 29.8. The fraction of sp³-hybridized carbons (Fsp3) is 0.630. The van der Waals surface area contributed by atoms with Crippen LogP contribution in [0.1, 0.15) is 102 Å². The largest absolute Gasteiger partial charge is 0.393 e. The number of rotatable bonds is 20. The molecule has 1 heterocycles. The molecule has 1 aromatic heterocycles. The third kappa shape index (κ3) is 11.6. The predicted octanol–water partition coefficient (Wildman–Crippen LogP) is 6.57. The van der Waals surface area contributed by atoms with Gasteiger partial charge in [0.2, 0.25) is 0 Å². The van der Waals surface area contributed by atoms with Crippen LogP contribution in [0.5, 0.6) is 0 Å². The molecule has 0 saturated carbocycles. The van der Waals surface area contributed by atoms with Crippen LogP contribution in [0.15, 0.2) is 35.5 Å². The lowest BCUT2D eigenvalue weighted by Crippen LogP contribution is -2.30. The van der Waals surface area contributed by atoms with Gasteiger partial charge in [0.25, 0.3) is 10.0 Å². The Labute approximate surface area is 218 Å². The minimum Gasteiger partial charge on any atom is -0.393 e. The molecule has 36 heavy (non-hydrogen) atoms. The van der Waals surface area contributed by atoms with Gasteiger partial charge in [0, 0.05) is 6.54 Å². The molecule has 0 atom stereocenters. The molecule has 1 aromatic carbocycles. The minimum absolute atomic E-state index is 0.157. The van der Waals surface area contributed by atoms with E-state index in [4.69, 9.17) is 5.73 Å². The van der Waals surface area contributed by atoms with E-state index in [9.17, 15) is 8.42 Å². The van der Waals surface area contributed by atoms with Crippen molar-refractivity contribution in [3.8, 4) is 0 Å². The third-order valence-corrected chi connectivity index (χ3v) is 7.61. The summed E-state index contributed by atoms with van der Waals surface area (Å²) in [4.78, 5) is 10.7. The molecule has 0 unspecified atom stereocenters. The van der Waals surface area contributed by atoms with Gasteiger partial charge >= 0.3 is 0 Å². The highest BCUT2D eigenvalue weighted by Crippen LogP contribution is 2.22. The predicted molar refractivity (Wildman–Crippen MR) is 150 cm³/mol. The summed E-state index contributed by atoms with van der Waals surface area (Å²) in [7, 11) is -3.75. The average Bonchev–Trinajstić information content (AvgIpc) is 2.87. The van der Waals surface area contributed by atoms with Crippen molar-refractivity contribution < 1.29 is 8.42 Å². The summed E-state index contributed by atoms with van der Waals surface area (Å²) in [6, 6.07) is 6.58. The zero-order valence-electron chi connectivity index (χ0n) is 22.2. The van der Waals surface area contributed by atoms with E-state index < -0.39 is 10.0 Å². The van der Waals surface area contributed by atoms with Crippen LogP contribution < -0.4 is 21.3 Å². The fourth-order valence-electron chi connectivity index (χ4n) is 4.05. The number of hydrogen-bond donors (Lipinski definition) is 4. The molecule has 0 fully saturated rings. The summed E-state index contributed by atoms with van der Waals surface area (Å²) in [6.45, 7) is 4.92. The van der Waals surface area contributed by atoms with Crippen molar-refractivity contribution in [2.45, 2.75) is 109 Å². The summed E-state index contributed by atoms with van der Waals surface area (Å²) in [5, 5.41) is 3.24. The zero-order valence-corrected chi connectivity index (χ0v) is 23.0. The molecule has 0 aliphatic carbocycles. The number of sulfonamides is 1. The maximum absolute atomic E-state index is 12.5. The van der Waals surface area contributed by atoms with Gasteiger partial charge in [-0.05, 0) is 25.5 Å². The molecule has 0 aliphatic rings. The number of unbranched alkanes of at least 4 members (excludes halogenated alkanes) is 13. The van der Waals surface area contributed by atoms with Gasteiger partial charge in [-0.25, -0.2) is 18.4 Å². The first-order valence-electron chi connectivity index (χ1n) is 13.6. The second-order valence-electron chi connectivity index (χ2n) is 9.55. The summed E-state index contributed by atoms with van der Waals surface area (Å²) in [5.74, 6) is 0.709. The van der Waals surface area contributed by atoms with Gasteiger partial charge in [0.1, 0.15) is 12.0 Å². The van der Waals surface area contributed by atoms with Crippen LogP contribution in [-0.4, -0.2) is 24.9 Å². The van der Waals surface area contributed by atoms with Crippen LogP contribution in [0.4, 0.5) is 17.3 Å². The molecule has 0 spiro atoms. The molecule has 0 amide bonds. The fourth-order valence-corrected chi connectivity index (χ4v) is 4.90. The normalized spacial score (nSPS) is 11.5. The van der Waals surface area contributed by atoms with Crippen molar-refractivity contribution in [3.63, 3.8) is 0 Å². The van der Waals surface area contributed by atoms with Crippen molar-refractivity contribution in [2.75, 3.05) is 23.0 Å². The Bertz CT molecular complexity index is 967. The zero-order chi connectivity index (χ0) is 26.1. The van der Waals surface area contributed by atoms with Crippen LogP contribution in [0, 0.1) is 6.92 Å². The SMILES string of the molecule is CCCCCCCCCCCCCCCCNc1ncnc(NNS(=O)(=O)c2ccc(C)cc2)c1N. The summed E-state index contributed by atoms with van der Waals surface area (Å²) >= 11 is 0. The second-order valence-corrected chi connectivity index (χ2v) is 11.2. The number of benzene rings is 1. The Hall–Kier alpha value is -2.39. The van der Waals surface area contributed by atoms with E-state index in [0.717, 1.165) is 24.9 Å². The summed E-state index contributed by atoms with van der Waals surface area (Å²) < 4.78 is 24.9. The first-order chi connectivity index (χ1) is 17.4. The Morgan fingerprint density at radius 1 is 0.750 bits per heavy atom. The number of anilines is 3. The van der Waals surface area contributed by atoms with Crippen LogP contribution in [0.3, 0.4) is 0 Å². The topological polar surface area (TPSA) is 122 Å². The Morgan fingerprint density at radius 2 is 1.25 bits per heavy atom. The molecule has 8 nitrogen and oxygen atoms in total. The van der Waals surface area contributed by atoms with E-state index in [-0.39, 0.29) is 16.4 Å². The average molecular weight is 519 g/mol. The lowest BCUT2D eigenvalue weighted by Gasteiger charge is -2.13. The molecule has 5 N–H and O–H groups in total. The number of aryl methyl sites for hydroxylation is 1. The van der Waals surface area contributed by atoms with Crippen LogP contribution in [-0.2, 0) is 10.0 Å². The molecule has 0 radical (unpaired) electrons. The van der Waals surface area contributed by atoms with Gasteiger partial charge in [-0.15, -0.1) is 4.83 Å². The molecule has 2 rings (SSSR count). The van der Waals surface area contributed by atoms with Gasteiger partial charge < -0.3 is 11.1 Å². The molecule has 202 valence electrons. The van der Waals surface area contributed by atoms with E-state index in [1.807, 2.05) is 6.92 Å². The standard InChI is InChI=1S/C27H46N6O2S/c1-3-4-5-6-7-8-9-10-11-12-13-14-15-16-21-29-26-25(28)27(31-22-30-26)32-33-36(34,35)24-19-17-23(2)18-20-24/h17-20,22,33H,3-16,21,28H2,1-2H3,(H2,29,30,31,32). The van der Waals surface area contributed by atoms with Gasteiger partial charge in [-0.3, -0.25) is 5.43 Å². The maximum atomic E-state index is 12.5. The van der Waals surface area contributed by atoms with Crippen LogP contribution >= 0.6 is 0 Å². The highest BCUT2D eigenvalue weighted by Gasteiger charge is 2.15. The number of hydrazine groups is 1. The molecule has 0 bridgehead atoms. The van der Waals surface area contributed by atoms with E-state index in [1.165, 1.54) is 83.4 Å². The summed E-state index contributed by atoms with van der Waals surface area (Å²) in [6.07, 6.45) is 19.9. The lowest BCUT2D eigenvalue weighted by molar-refractivity contribution is 0.537. The van der Waals surface area contributed by atoms with Crippen molar-refractivity contribution in [1.82, 2.24) is 14.8 Å². The highest BCUT2D eigenvalue weighted by molar-refractivity contribution is 7.89. The van der Waals surface area contributed by atoms with Crippen molar-refractivity contribution in [1.29, 1.82) is 0 Å². The molecule has 0 saturated heterocycles. The van der Waals surface area contributed by atoms with Crippen molar-refractivity contribution in [3.05, 3.63) is 36.2 Å². The monoisotopic (exact) mass is 518 g/mol. The van der Waals surface area contributed by atoms with E-state index in [0.29, 0.717) is 5.82 Å². The van der Waals surface area contributed by atoms with E-state index in [1.54, 1.807) is 24.3 Å². The number of aromatic nitrogens is 2. The van der Waals surface area contributed by atoms with Crippen LogP contribution in [0.2, 0.25) is 0 Å². The minimum atomic E-state index is -3.75. The molecular weight excluding hydrogens is 472 g/mol. The first-order valence-corrected chi connectivity index (χ1v) is 15.1. The molecule has 2 aromatic rings. The quantitative estimate of drug-likeness (QED) is 0.116. The smallest absolute Gasteiger partial charge is 0.257 e. The van der Waals surface area contributed by atoms with Crippen molar-refractivity contribution >= 4 is 27.3 Å². The maximum Gasteiger partial charge on any atom is 0.257 e. The van der Waals surface area contributed by atoms with E-state index in [2.05, 4.69) is 32.5 Å². The number of nitrogens with one attached hydrogen (secondary N) is 3. The van der Waals surface area contributed by atoms with E-state index >= 15 is 0 Å². The Balaban J connectivity index is 1.57. The number of nitrogens with two attached hydrogens (primary N) is 1. The lowest BCUT2D eigenvalue weighted by atomic mass is 10.0. The van der Waals surface area contributed by atoms with Gasteiger partial charge in [0.15, 0.2) is 11.6 Å². The molecular formula is C27H46N6O2S. The summed E-state index contributed by atoms with van der Waals surface area (Å²) in [5.41, 5.74) is 10.0. The van der Waals surface area contributed by atoms with Crippen molar-refractivity contribution in [2.24, 2.45) is 0 Å². The number of nitrogens with zero attached hydrogens (tertiary/aromatic N) is 2. The van der Waals surface area contributed by atoms with Gasteiger partial charge in [-0.1, -0.05) is 108 Å². The Morgan fingerprint density at radius 3 is 1.81 bits per heavy atom. The second kappa shape index (κ2) is 17.1.